The van der Waals surface area contributed by atoms with Gasteiger partial charge in [-0.1, -0.05) is 43.3 Å². The number of nitrogens with one attached hydrogen (secondary N) is 1. The minimum absolute atomic E-state index is 0.226. The van der Waals surface area contributed by atoms with Crippen molar-refractivity contribution in [1.29, 1.82) is 0 Å². The van der Waals surface area contributed by atoms with E-state index in [4.69, 9.17) is 5.73 Å². The lowest BCUT2D eigenvalue weighted by atomic mass is 10.0. The van der Waals surface area contributed by atoms with E-state index >= 15 is 0 Å². The Morgan fingerprint density at radius 2 is 1.89 bits per heavy atom. The highest BCUT2D eigenvalue weighted by Gasteiger charge is 2.09. The summed E-state index contributed by atoms with van der Waals surface area (Å²) < 4.78 is 0. The fraction of sp³-hybridized carbons (Fsp3) is 0.188. The van der Waals surface area contributed by atoms with Crippen LogP contribution in [0.2, 0.25) is 0 Å². The number of carbonyl (C=O) groups is 1. The maximum absolute atomic E-state index is 11.2. The third kappa shape index (κ3) is 3.35. The van der Waals surface area contributed by atoms with Crippen LogP contribution < -0.4 is 11.1 Å². The number of primary amides is 1. The van der Waals surface area contributed by atoms with Crippen molar-refractivity contribution in [2.75, 3.05) is 5.32 Å². The molecule has 98 valence electrons. The van der Waals surface area contributed by atoms with Gasteiger partial charge in [-0.3, -0.25) is 4.79 Å². The Kier molecular flexibility index (Phi) is 4.18. The lowest BCUT2D eigenvalue weighted by molar-refractivity contribution is 0.100. The van der Waals surface area contributed by atoms with Gasteiger partial charge in [-0.2, -0.15) is 0 Å². The van der Waals surface area contributed by atoms with Gasteiger partial charge in [0.25, 0.3) is 0 Å². The molecular formula is C16H18N2O. The molecule has 0 aromatic heterocycles. The minimum Gasteiger partial charge on any atom is -0.378 e. The highest BCUT2D eigenvalue weighted by atomic mass is 16.1. The fourth-order valence-corrected chi connectivity index (χ4v) is 2.07. The highest BCUT2D eigenvalue weighted by molar-refractivity contribution is 5.93. The summed E-state index contributed by atoms with van der Waals surface area (Å²) >= 11 is 0. The van der Waals surface area contributed by atoms with E-state index in [0.717, 1.165) is 12.1 Å². The lowest BCUT2D eigenvalue weighted by Crippen LogP contribution is -2.13. The summed E-state index contributed by atoms with van der Waals surface area (Å²) in [6.07, 6.45) is 0.963. The van der Waals surface area contributed by atoms with Gasteiger partial charge in [-0.15, -0.1) is 0 Å². The van der Waals surface area contributed by atoms with E-state index in [0.29, 0.717) is 5.56 Å². The van der Waals surface area contributed by atoms with Gasteiger partial charge in [-0.05, 0) is 30.2 Å². The molecule has 1 amide bonds. The Hall–Kier alpha value is -2.29. The standard InChI is InChI=1S/C16H18N2O/c1-2-15(12-7-4-3-5-8-12)18-14-10-6-9-13(11-14)16(17)19/h3-11,15,18H,2H2,1H3,(H2,17,19). The Bertz CT molecular complexity index is 552. The van der Waals surface area contributed by atoms with Crippen LogP contribution in [-0.2, 0) is 0 Å². The van der Waals surface area contributed by atoms with Gasteiger partial charge >= 0.3 is 0 Å². The third-order valence-corrected chi connectivity index (χ3v) is 3.10. The molecular weight excluding hydrogens is 236 g/mol. The van der Waals surface area contributed by atoms with E-state index in [9.17, 15) is 4.79 Å². The molecule has 0 bridgehead atoms. The van der Waals surface area contributed by atoms with Gasteiger partial charge in [-0.25, -0.2) is 0 Å². The van der Waals surface area contributed by atoms with E-state index in [1.807, 2.05) is 30.3 Å². The molecule has 3 nitrogen and oxygen atoms in total. The predicted molar refractivity (Wildman–Crippen MR) is 78.1 cm³/mol. The second-order valence-corrected chi connectivity index (χ2v) is 4.46. The average Bonchev–Trinajstić information content (AvgIpc) is 2.46. The van der Waals surface area contributed by atoms with Crippen LogP contribution in [-0.4, -0.2) is 5.91 Å². The largest absolute Gasteiger partial charge is 0.378 e. The van der Waals surface area contributed by atoms with Crippen LogP contribution in [0.1, 0.15) is 35.3 Å². The monoisotopic (exact) mass is 254 g/mol. The van der Waals surface area contributed by atoms with E-state index in [2.05, 4.69) is 24.4 Å². The summed E-state index contributed by atoms with van der Waals surface area (Å²) in [5.74, 6) is -0.406. The summed E-state index contributed by atoms with van der Waals surface area (Å²) in [6.45, 7) is 2.13. The molecule has 0 aliphatic rings. The number of benzene rings is 2. The number of anilines is 1. The number of rotatable bonds is 5. The fourth-order valence-electron chi connectivity index (χ4n) is 2.07. The average molecular weight is 254 g/mol. The molecule has 2 aromatic rings. The first-order valence-corrected chi connectivity index (χ1v) is 6.42. The molecule has 0 saturated carbocycles. The zero-order chi connectivity index (χ0) is 13.7. The number of nitrogens with two attached hydrogens (primary N) is 1. The van der Waals surface area contributed by atoms with Crippen molar-refractivity contribution < 1.29 is 4.79 Å². The van der Waals surface area contributed by atoms with Crippen molar-refractivity contribution >= 4 is 11.6 Å². The number of carbonyl (C=O) groups excluding carboxylic acids is 1. The quantitative estimate of drug-likeness (QED) is 0.859. The van der Waals surface area contributed by atoms with E-state index < -0.39 is 5.91 Å². The minimum atomic E-state index is -0.406. The summed E-state index contributed by atoms with van der Waals surface area (Å²) in [6, 6.07) is 17.8. The van der Waals surface area contributed by atoms with Gasteiger partial charge in [0.05, 0.1) is 6.04 Å². The van der Waals surface area contributed by atoms with Crippen molar-refractivity contribution in [3.05, 3.63) is 65.7 Å². The van der Waals surface area contributed by atoms with Gasteiger partial charge in [0.1, 0.15) is 0 Å². The van der Waals surface area contributed by atoms with Crippen molar-refractivity contribution in [3.8, 4) is 0 Å². The molecule has 0 saturated heterocycles. The maximum Gasteiger partial charge on any atom is 0.248 e. The normalized spacial score (nSPS) is 11.8. The number of hydrogen-bond donors (Lipinski definition) is 2. The van der Waals surface area contributed by atoms with Crippen molar-refractivity contribution in [1.82, 2.24) is 0 Å². The summed E-state index contributed by atoms with van der Waals surface area (Å²) in [4.78, 5) is 11.2. The third-order valence-electron chi connectivity index (χ3n) is 3.10. The van der Waals surface area contributed by atoms with E-state index in [1.165, 1.54) is 5.56 Å². The summed E-state index contributed by atoms with van der Waals surface area (Å²) in [7, 11) is 0. The first-order valence-electron chi connectivity index (χ1n) is 6.42. The zero-order valence-corrected chi connectivity index (χ0v) is 11.0. The summed E-state index contributed by atoms with van der Waals surface area (Å²) in [5, 5.41) is 3.43. The smallest absolute Gasteiger partial charge is 0.248 e. The van der Waals surface area contributed by atoms with Gasteiger partial charge < -0.3 is 11.1 Å². The van der Waals surface area contributed by atoms with Gasteiger partial charge in [0.2, 0.25) is 5.91 Å². The van der Waals surface area contributed by atoms with Gasteiger partial charge in [0.15, 0.2) is 0 Å². The van der Waals surface area contributed by atoms with Crippen molar-refractivity contribution in [2.45, 2.75) is 19.4 Å². The molecule has 0 aliphatic heterocycles. The molecule has 0 radical (unpaired) electrons. The highest BCUT2D eigenvalue weighted by Crippen LogP contribution is 2.22. The number of amides is 1. The van der Waals surface area contributed by atoms with E-state index in [-0.39, 0.29) is 6.04 Å². The van der Waals surface area contributed by atoms with Crippen LogP contribution in [0.4, 0.5) is 5.69 Å². The maximum atomic E-state index is 11.2. The van der Waals surface area contributed by atoms with Crippen LogP contribution in [0.15, 0.2) is 54.6 Å². The second-order valence-electron chi connectivity index (χ2n) is 4.46. The Morgan fingerprint density at radius 3 is 2.53 bits per heavy atom. The molecule has 2 aromatic carbocycles. The molecule has 19 heavy (non-hydrogen) atoms. The summed E-state index contributed by atoms with van der Waals surface area (Å²) in [5.41, 5.74) is 7.95. The molecule has 3 heteroatoms. The molecule has 2 rings (SSSR count). The molecule has 0 aliphatic carbocycles. The molecule has 3 N–H and O–H groups in total. The Balaban J connectivity index is 2.19. The zero-order valence-electron chi connectivity index (χ0n) is 11.0. The van der Waals surface area contributed by atoms with Crippen LogP contribution in [0.5, 0.6) is 0 Å². The van der Waals surface area contributed by atoms with Crippen LogP contribution in [0, 0.1) is 0 Å². The lowest BCUT2D eigenvalue weighted by Gasteiger charge is -2.19. The molecule has 1 unspecified atom stereocenters. The molecule has 0 fully saturated rings. The first kappa shape index (κ1) is 13.1. The van der Waals surface area contributed by atoms with Gasteiger partial charge in [0, 0.05) is 11.3 Å². The number of hydrogen-bond acceptors (Lipinski definition) is 2. The Labute approximate surface area is 113 Å². The molecule has 0 spiro atoms. The SMILES string of the molecule is CCC(Nc1cccc(C(N)=O)c1)c1ccccc1. The topological polar surface area (TPSA) is 55.1 Å². The van der Waals surface area contributed by atoms with Crippen molar-refractivity contribution in [3.63, 3.8) is 0 Å². The van der Waals surface area contributed by atoms with Crippen LogP contribution >= 0.6 is 0 Å². The first-order chi connectivity index (χ1) is 9.20. The second kappa shape index (κ2) is 6.05. The Morgan fingerprint density at radius 1 is 1.16 bits per heavy atom. The van der Waals surface area contributed by atoms with Crippen LogP contribution in [0.25, 0.3) is 0 Å². The molecule has 1 atom stereocenters. The van der Waals surface area contributed by atoms with E-state index in [1.54, 1.807) is 12.1 Å². The van der Waals surface area contributed by atoms with Crippen molar-refractivity contribution in [2.24, 2.45) is 5.73 Å². The predicted octanol–water partition coefficient (Wildman–Crippen LogP) is 3.35. The molecule has 0 heterocycles. The van der Waals surface area contributed by atoms with Crippen LogP contribution in [0.3, 0.4) is 0 Å².